The minimum atomic E-state index is 0.136. The highest BCUT2D eigenvalue weighted by atomic mass is 35.5. The summed E-state index contributed by atoms with van der Waals surface area (Å²) in [7, 11) is 0. The molecule has 0 saturated heterocycles. The smallest absolute Gasteiger partial charge is 0.0931 e. The molecule has 2 heterocycles. The molecule has 1 unspecified atom stereocenters. The van der Waals surface area contributed by atoms with Gasteiger partial charge in [-0.15, -0.1) is 11.3 Å². The van der Waals surface area contributed by atoms with E-state index in [1.165, 1.54) is 4.88 Å². The molecule has 0 aliphatic carbocycles. The summed E-state index contributed by atoms with van der Waals surface area (Å²) in [6, 6.07) is 10.2. The van der Waals surface area contributed by atoms with Crippen molar-refractivity contribution in [1.82, 2.24) is 10.3 Å². The van der Waals surface area contributed by atoms with Gasteiger partial charge in [0.1, 0.15) is 0 Å². The number of hydrogen-bond acceptors (Lipinski definition) is 3. The van der Waals surface area contributed by atoms with Crippen LogP contribution in [0.2, 0.25) is 4.34 Å². The summed E-state index contributed by atoms with van der Waals surface area (Å²) >= 11 is 7.59. The van der Waals surface area contributed by atoms with Crippen molar-refractivity contribution in [2.24, 2.45) is 0 Å². The van der Waals surface area contributed by atoms with E-state index in [0.29, 0.717) is 0 Å². The molecule has 90 valence electrons. The fraction of sp³-hybridized carbons (Fsp3) is 0.308. The molecule has 0 saturated carbocycles. The van der Waals surface area contributed by atoms with Crippen LogP contribution in [-0.4, -0.2) is 11.5 Å². The minimum Gasteiger partial charge on any atom is -0.305 e. The predicted molar refractivity (Wildman–Crippen MR) is 73.8 cm³/mol. The summed E-state index contributed by atoms with van der Waals surface area (Å²) < 4.78 is 0.815. The van der Waals surface area contributed by atoms with E-state index in [0.717, 1.165) is 22.3 Å². The van der Waals surface area contributed by atoms with Crippen molar-refractivity contribution in [3.63, 3.8) is 0 Å². The highest BCUT2D eigenvalue weighted by molar-refractivity contribution is 7.16. The first kappa shape index (κ1) is 12.6. The van der Waals surface area contributed by atoms with E-state index in [1.807, 2.05) is 31.2 Å². The third-order valence-electron chi connectivity index (χ3n) is 2.49. The molecular formula is C13H15ClN2S. The molecule has 2 nitrogen and oxygen atoms in total. The van der Waals surface area contributed by atoms with Crippen LogP contribution in [0.5, 0.6) is 0 Å². The minimum absolute atomic E-state index is 0.136. The fourth-order valence-corrected chi connectivity index (χ4v) is 2.91. The SMILES string of the molecule is CCNC(c1cccc(C)n1)c1ccc(Cl)s1. The number of aryl methyl sites for hydroxylation is 1. The zero-order valence-electron chi connectivity index (χ0n) is 9.90. The van der Waals surface area contributed by atoms with E-state index < -0.39 is 0 Å². The van der Waals surface area contributed by atoms with Gasteiger partial charge < -0.3 is 5.32 Å². The Kier molecular flexibility index (Phi) is 4.15. The zero-order chi connectivity index (χ0) is 12.3. The van der Waals surface area contributed by atoms with E-state index in [2.05, 4.69) is 23.3 Å². The molecular weight excluding hydrogens is 252 g/mol. The molecule has 1 atom stereocenters. The number of nitrogens with one attached hydrogen (secondary N) is 1. The van der Waals surface area contributed by atoms with Crippen molar-refractivity contribution < 1.29 is 0 Å². The van der Waals surface area contributed by atoms with Crippen LogP contribution in [-0.2, 0) is 0 Å². The molecule has 0 aliphatic rings. The monoisotopic (exact) mass is 266 g/mol. The van der Waals surface area contributed by atoms with Gasteiger partial charge in [0, 0.05) is 10.6 Å². The van der Waals surface area contributed by atoms with Crippen LogP contribution in [0.4, 0.5) is 0 Å². The number of pyridine rings is 1. The van der Waals surface area contributed by atoms with E-state index in [9.17, 15) is 0 Å². The van der Waals surface area contributed by atoms with Crippen LogP contribution in [0.15, 0.2) is 30.3 Å². The van der Waals surface area contributed by atoms with Crippen molar-refractivity contribution in [1.29, 1.82) is 0 Å². The summed E-state index contributed by atoms with van der Waals surface area (Å²) in [5, 5.41) is 3.45. The molecule has 1 N–H and O–H groups in total. The highest BCUT2D eigenvalue weighted by Crippen LogP contribution is 2.30. The van der Waals surface area contributed by atoms with Gasteiger partial charge in [0.2, 0.25) is 0 Å². The highest BCUT2D eigenvalue weighted by Gasteiger charge is 2.16. The second-order valence-electron chi connectivity index (χ2n) is 3.84. The third kappa shape index (κ3) is 3.06. The number of hydrogen-bond donors (Lipinski definition) is 1. The Balaban J connectivity index is 2.35. The first-order valence-electron chi connectivity index (χ1n) is 5.63. The molecule has 0 spiro atoms. The average Bonchev–Trinajstić information content (AvgIpc) is 2.72. The Hall–Kier alpha value is -0.900. The summed E-state index contributed by atoms with van der Waals surface area (Å²) in [5.74, 6) is 0. The molecule has 4 heteroatoms. The summed E-state index contributed by atoms with van der Waals surface area (Å²) in [4.78, 5) is 5.78. The lowest BCUT2D eigenvalue weighted by atomic mass is 10.1. The molecule has 17 heavy (non-hydrogen) atoms. The number of thiophene rings is 1. The van der Waals surface area contributed by atoms with Gasteiger partial charge in [-0.05, 0) is 37.7 Å². The van der Waals surface area contributed by atoms with E-state index in [4.69, 9.17) is 11.6 Å². The standard InChI is InChI=1S/C13H15ClN2S/c1-3-15-13(11-7-8-12(14)17-11)10-6-4-5-9(2)16-10/h4-8,13,15H,3H2,1-2H3. The molecule has 2 aromatic heterocycles. The average molecular weight is 267 g/mol. The Labute approximate surface area is 111 Å². The first-order valence-corrected chi connectivity index (χ1v) is 6.82. The van der Waals surface area contributed by atoms with Crippen molar-refractivity contribution in [3.05, 3.63) is 50.9 Å². The van der Waals surface area contributed by atoms with Crippen LogP contribution in [0, 0.1) is 6.92 Å². The lowest BCUT2D eigenvalue weighted by Crippen LogP contribution is -2.22. The van der Waals surface area contributed by atoms with Crippen LogP contribution >= 0.6 is 22.9 Å². The largest absolute Gasteiger partial charge is 0.305 e. The van der Waals surface area contributed by atoms with Crippen molar-refractivity contribution in [2.45, 2.75) is 19.9 Å². The zero-order valence-corrected chi connectivity index (χ0v) is 11.5. The van der Waals surface area contributed by atoms with E-state index in [-0.39, 0.29) is 6.04 Å². The van der Waals surface area contributed by atoms with Gasteiger partial charge in [0.05, 0.1) is 16.1 Å². The third-order valence-corrected chi connectivity index (χ3v) is 3.79. The van der Waals surface area contributed by atoms with Gasteiger partial charge in [0.25, 0.3) is 0 Å². The quantitative estimate of drug-likeness (QED) is 0.910. The molecule has 0 radical (unpaired) electrons. The number of halogens is 1. The summed E-state index contributed by atoms with van der Waals surface area (Å²) in [6.07, 6.45) is 0. The van der Waals surface area contributed by atoms with E-state index in [1.54, 1.807) is 11.3 Å². The normalized spacial score (nSPS) is 12.6. The maximum Gasteiger partial charge on any atom is 0.0931 e. The van der Waals surface area contributed by atoms with Crippen molar-refractivity contribution in [2.75, 3.05) is 6.54 Å². The second kappa shape index (κ2) is 5.63. The first-order chi connectivity index (χ1) is 8.20. The summed E-state index contributed by atoms with van der Waals surface area (Å²) in [6.45, 7) is 5.00. The van der Waals surface area contributed by atoms with Crippen molar-refractivity contribution >= 4 is 22.9 Å². The maximum absolute atomic E-state index is 5.99. The summed E-state index contributed by atoms with van der Waals surface area (Å²) in [5.41, 5.74) is 2.08. The van der Waals surface area contributed by atoms with Crippen LogP contribution in [0.25, 0.3) is 0 Å². The molecule has 2 rings (SSSR count). The number of nitrogens with zero attached hydrogens (tertiary/aromatic N) is 1. The van der Waals surface area contributed by atoms with Gasteiger partial charge >= 0.3 is 0 Å². The molecule has 0 aliphatic heterocycles. The van der Waals surface area contributed by atoms with Gasteiger partial charge in [-0.2, -0.15) is 0 Å². The lowest BCUT2D eigenvalue weighted by Gasteiger charge is -2.16. The molecule has 0 fully saturated rings. The number of rotatable bonds is 4. The second-order valence-corrected chi connectivity index (χ2v) is 5.58. The van der Waals surface area contributed by atoms with Gasteiger partial charge in [-0.3, -0.25) is 4.98 Å². The van der Waals surface area contributed by atoms with Crippen molar-refractivity contribution in [3.8, 4) is 0 Å². The fourth-order valence-electron chi connectivity index (χ4n) is 1.76. The molecule has 0 aromatic carbocycles. The van der Waals surface area contributed by atoms with Gasteiger partial charge in [-0.1, -0.05) is 24.6 Å². The van der Waals surface area contributed by atoms with Crippen LogP contribution in [0.3, 0.4) is 0 Å². The van der Waals surface area contributed by atoms with E-state index >= 15 is 0 Å². The van der Waals surface area contributed by atoms with Crippen LogP contribution < -0.4 is 5.32 Å². The molecule has 0 bridgehead atoms. The topological polar surface area (TPSA) is 24.9 Å². The van der Waals surface area contributed by atoms with Gasteiger partial charge in [0.15, 0.2) is 0 Å². The van der Waals surface area contributed by atoms with Crippen LogP contribution in [0.1, 0.15) is 29.2 Å². The predicted octanol–water partition coefficient (Wildman–Crippen LogP) is 3.80. The number of aromatic nitrogens is 1. The lowest BCUT2D eigenvalue weighted by molar-refractivity contribution is 0.623. The Morgan fingerprint density at radius 2 is 2.18 bits per heavy atom. The Morgan fingerprint density at radius 1 is 1.35 bits per heavy atom. The molecule has 0 amide bonds. The van der Waals surface area contributed by atoms with Gasteiger partial charge in [-0.25, -0.2) is 0 Å². The Bertz CT molecular complexity index is 496. The maximum atomic E-state index is 5.99. The Morgan fingerprint density at radius 3 is 2.76 bits per heavy atom. The molecule has 2 aromatic rings.